The standard InChI is InChI=1S/C16H11N3O2/c1-21-15-8-12(10-18)5-6-14(15)19-16(20)13-4-2-3-11(7-13)9-17/h2-8H,1H3,(H,19,20). The van der Waals surface area contributed by atoms with E-state index in [-0.39, 0.29) is 5.91 Å². The molecule has 0 aliphatic heterocycles. The van der Waals surface area contributed by atoms with Crippen molar-refractivity contribution in [2.75, 3.05) is 12.4 Å². The second kappa shape index (κ2) is 6.23. The first-order valence-corrected chi connectivity index (χ1v) is 6.07. The number of benzene rings is 2. The van der Waals surface area contributed by atoms with Gasteiger partial charge in [0.05, 0.1) is 36.1 Å². The number of nitrogens with one attached hydrogen (secondary N) is 1. The van der Waals surface area contributed by atoms with Crippen LogP contribution >= 0.6 is 0 Å². The van der Waals surface area contributed by atoms with E-state index in [9.17, 15) is 4.79 Å². The van der Waals surface area contributed by atoms with Crippen LogP contribution in [0, 0.1) is 22.7 Å². The van der Waals surface area contributed by atoms with Gasteiger partial charge in [0.2, 0.25) is 0 Å². The summed E-state index contributed by atoms with van der Waals surface area (Å²) in [6.45, 7) is 0. The van der Waals surface area contributed by atoms with Crippen molar-refractivity contribution in [2.45, 2.75) is 0 Å². The number of hydrogen-bond donors (Lipinski definition) is 1. The molecule has 5 heteroatoms. The second-order valence-corrected chi connectivity index (χ2v) is 4.17. The van der Waals surface area contributed by atoms with Gasteiger partial charge >= 0.3 is 0 Å². The SMILES string of the molecule is COc1cc(C#N)ccc1NC(=O)c1cccc(C#N)c1. The maximum atomic E-state index is 12.2. The minimum Gasteiger partial charge on any atom is -0.495 e. The Hall–Kier alpha value is -3.31. The van der Waals surface area contributed by atoms with Crippen molar-refractivity contribution in [2.24, 2.45) is 0 Å². The minimum atomic E-state index is -0.352. The maximum Gasteiger partial charge on any atom is 0.255 e. The van der Waals surface area contributed by atoms with Crippen LogP contribution in [0.1, 0.15) is 21.5 Å². The summed E-state index contributed by atoms with van der Waals surface area (Å²) in [6, 6.07) is 15.1. The lowest BCUT2D eigenvalue weighted by molar-refractivity contribution is 0.102. The zero-order valence-electron chi connectivity index (χ0n) is 11.3. The van der Waals surface area contributed by atoms with Crippen molar-refractivity contribution in [3.05, 3.63) is 59.2 Å². The average Bonchev–Trinajstić information content (AvgIpc) is 2.55. The quantitative estimate of drug-likeness (QED) is 0.934. The zero-order valence-corrected chi connectivity index (χ0v) is 11.3. The third-order valence-electron chi connectivity index (χ3n) is 2.83. The monoisotopic (exact) mass is 277 g/mol. The van der Waals surface area contributed by atoms with Gasteiger partial charge in [-0.15, -0.1) is 0 Å². The lowest BCUT2D eigenvalue weighted by atomic mass is 10.1. The lowest BCUT2D eigenvalue weighted by Gasteiger charge is -2.10. The molecule has 0 aliphatic rings. The molecule has 2 rings (SSSR count). The molecular formula is C16H11N3O2. The van der Waals surface area contributed by atoms with E-state index in [1.807, 2.05) is 12.1 Å². The first-order chi connectivity index (χ1) is 10.2. The smallest absolute Gasteiger partial charge is 0.255 e. The number of carbonyl (C=O) groups excluding carboxylic acids is 1. The molecule has 0 aromatic heterocycles. The molecular weight excluding hydrogens is 266 g/mol. The Morgan fingerprint density at radius 3 is 2.48 bits per heavy atom. The van der Waals surface area contributed by atoms with E-state index >= 15 is 0 Å². The molecule has 2 aromatic rings. The summed E-state index contributed by atoms with van der Waals surface area (Å²) in [5.41, 5.74) is 1.69. The first kappa shape index (κ1) is 14.1. The van der Waals surface area contributed by atoms with Gasteiger partial charge in [0.15, 0.2) is 0 Å². The number of hydrogen-bond acceptors (Lipinski definition) is 4. The number of carbonyl (C=O) groups is 1. The lowest BCUT2D eigenvalue weighted by Crippen LogP contribution is -2.12. The van der Waals surface area contributed by atoms with E-state index in [0.29, 0.717) is 28.1 Å². The third-order valence-corrected chi connectivity index (χ3v) is 2.83. The van der Waals surface area contributed by atoms with Crippen molar-refractivity contribution >= 4 is 11.6 Å². The molecule has 0 bridgehead atoms. The third kappa shape index (κ3) is 3.17. The van der Waals surface area contributed by atoms with Crippen molar-refractivity contribution < 1.29 is 9.53 Å². The molecule has 0 saturated heterocycles. The summed E-state index contributed by atoms with van der Waals surface area (Å²) in [6.07, 6.45) is 0. The fourth-order valence-electron chi connectivity index (χ4n) is 1.79. The highest BCUT2D eigenvalue weighted by atomic mass is 16.5. The summed E-state index contributed by atoms with van der Waals surface area (Å²) in [7, 11) is 1.46. The summed E-state index contributed by atoms with van der Waals surface area (Å²) in [5, 5.41) is 20.4. The van der Waals surface area contributed by atoms with Gasteiger partial charge in [-0.2, -0.15) is 10.5 Å². The molecule has 0 atom stereocenters. The summed E-state index contributed by atoms with van der Waals surface area (Å²) in [4.78, 5) is 12.2. The van der Waals surface area contributed by atoms with Crippen LogP contribution in [0.25, 0.3) is 0 Å². The van der Waals surface area contributed by atoms with Crippen LogP contribution in [0.4, 0.5) is 5.69 Å². The van der Waals surface area contributed by atoms with Crippen molar-refractivity contribution in [1.82, 2.24) is 0 Å². The molecule has 1 N–H and O–H groups in total. The Kier molecular flexibility index (Phi) is 4.18. The van der Waals surface area contributed by atoms with Gasteiger partial charge < -0.3 is 10.1 Å². The van der Waals surface area contributed by atoms with Gasteiger partial charge in [-0.1, -0.05) is 6.07 Å². The first-order valence-electron chi connectivity index (χ1n) is 6.07. The molecule has 0 unspecified atom stereocenters. The highest BCUT2D eigenvalue weighted by Gasteiger charge is 2.11. The van der Waals surface area contributed by atoms with Gasteiger partial charge in [-0.3, -0.25) is 4.79 Å². The van der Waals surface area contributed by atoms with Gasteiger partial charge in [-0.05, 0) is 30.3 Å². The summed E-state index contributed by atoms with van der Waals surface area (Å²) >= 11 is 0. The molecule has 0 radical (unpaired) electrons. The minimum absolute atomic E-state index is 0.352. The Morgan fingerprint density at radius 1 is 1.10 bits per heavy atom. The summed E-state index contributed by atoms with van der Waals surface area (Å²) in [5.74, 6) is 0.0499. The predicted molar refractivity (Wildman–Crippen MR) is 76.8 cm³/mol. The number of rotatable bonds is 3. The molecule has 21 heavy (non-hydrogen) atoms. The van der Waals surface area contributed by atoms with E-state index in [2.05, 4.69) is 5.32 Å². The van der Waals surface area contributed by atoms with Gasteiger partial charge in [0.1, 0.15) is 5.75 Å². The van der Waals surface area contributed by atoms with Gasteiger partial charge in [-0.25, -0.2) is 0 Å². The molecule has 0 saturated carbocycles. The van der Waals surface area contributed by atoms with Crippen molar-refractivity contribution in [3.63, 3.8) is 0 Å². The van der Waals surface area contributed by atoms with E-state index in [1.165, 1.54) is 13.2 Å². The maximum absolute atomic E-state index is 12.2. The van der Waals surface area contributed by atoms with Crippen LogP contribution in [-0.4, -0.2) is 13.0 Å². The average molecular weight is 277 g/mol. The van der Waals surface area contributed by atoms with Crippen LogP contribution in [0.15, 0.2) is 42.5 Å². The van der Waals surface area contributed by atoms with Gasteiger partial charge in [0.25, 0.3) is 5.91 Å². The van der Waals surface area contributed by atoms with Crippen LogP contribution in [0.2, 0.25) is 0 Å². The van der Waals surface area contributed by atoms with Crippen LogP contribution in [0.5, 0.6) is 5.75 Å². The highest BCUT2D eigenvalue weighted by molar-refractivity contribution is 6.05. The molecule has 0 heterocycles. The number of anilines is 1. The zero-order chi connectivity index (χ0) is 15.2. The van der Waals surface area contributed by atoms with Gasteiger partial charge in [0, 0.05) is 11.6 Å². The number of nitrogens with zero attached hydrogens (tertiary/aromatic N) is 2. The molecule has 102 valence electrons. The second-order valence-electron chi connectivity index (χ2n) is 4.17. The van der Waals surface area contributed by atoms with Crippen LogP contribution < -0.4 is 10.1 Å². The molecule has 2 aromatic carbocycles. The van der Waals surface area contributed by atoms with Crippen molar-refractivity contribution in [1.29, 1.82) is 10.5 Å². The Bertz CT molecular complexity index is 770. The normalized spacial score (nSPS) is 9.29. The van der Waals surface area contributed by atoms with Crippen LogP contribution in [0.3, 0.4) is 0 Å². The molecule has 0 fully saturated rings. The number of ether oxygens (including phenoxy) is 1. The molecule has 1 amide bonds. The Morgan fingerprint density at radius 2 is 1.81 bits per heavy atom. The van der Waals surface area contributed by atoms with Crippen molar-refractivity contribution in [3.8, 4) is 17.9 Å². The number of amides is 1. The topological polar surface area (TPSA) is 85.9 Å². The molecule has 0 aliphatic carbocycles. The molecule has 5 nitrogen and oxygen atoms in total. The largest absolute Gasteiger partial charge is 0.495 e. The molecule has 0 spiro atoms. The fraction of sp³-hybridized carbons (Fsp3) is 0.0625. The Labute approximate surface area is 122 Å². The highest BCUT2D eigenvalue weighted by Crippen LogP contribution is 2.25. The van der Waals surface area contributed by atoms with E-state index < -0.39 is 0 Å². The summed E-state index contributed by atoms with van der Waals surface area (Å²) < 4.78 is 5.15. The predicted octanol–water partition coefficient (Wildman–Crippen LogP) is 2.69. The van der Waals surface area contributed by atoms with E-state index in [4.69, 9.17) is 15.3 Å². The number of methoxy groups -OCH3 is 1. The van der Waals surface area contributed by atoms with Crippen LogP contribution in [-0.2, 0) is 0 Å². The Balaban J connectivity index is 2.27. The van der Waals surface area contributed by atoms with E-state index in [0.717, 1.165) is 0 Å². The fourth-order valence-corrected chi connectivity index (χ4v) is 1.79. The number of nitriles is 2. The van der Waals surface area contributed by atoms with E-state index in [1.54, 1.807) is 36.4 Å².